The number of imidazole rings is 1. The minimum atomic E-state index is -0.899. The number of carbonyl (C=O) groups excluding carboxylic acids is 3. The highest BCUT2D eigenvalue weighted by atomic mass is 16.2. The van der Waals surface area contributed by atoms with Crippen LogP contribution < -0.4 is 10.6 Å². The van der Waals surface area contributed by atoms with Gasteiger partial charge in [-0.1, -0.05) is 0 Å². The number of carbonyl (C=O) groups is 3. The Hall–Kier alpha value is -2.38. The maximum Gasteiger partial charge on any atom is 0.325 e. The van der Waals surface area contributed by atoms with Gasteiger partial charge in [0, 0.05) is 19.2 Å². The highest BCUT2D eigenvalue weighted by Gasteiger charge is 2.43. The molecular weight excluding hydrogens is 262 g/mol. The van der Waals surface area contributed by atoms with Crippen LogP contribution in [0.4, 0.5) is 4.79 Å². The van der Waals surface area contributed by atoms with Gasteiger partial charge in [-0.25, -0.2) is 9.78 Å². The zero-order valence-electron chi connectivity index (χ0n) is 11.4. The van der Waals surface area contributed by atoms with E-state index in [-0.39, 0.29) is 24.8 Å². The summed E-state index contributed by atoms with van der Waals surface area (Å²) in [6.07, 6.45) is 3.21. The molecule has 0 unspecified atom stereocenters. The normalized spacial score (nSPS) is 17.2. The van der Waals surface area contributed by atoms with Crippen LogP contribution in [0.1, 0.15) is 26.0 Å². The molecule has 2 heterocycles. The van der Waals surface area contributed by atoms with Crippen molar-refractivity contribution in [3.63, 3.8) is 0 Å². The van der Waals surface area contributed by atoms with E-state index in [9.17, 15) is 14.4 Å². The number of amides is 4. The number of nitrogens with zero attached hydrogens (tertiary/aromatic N) is 2. The van der Waals surface area contributed by atoms with E-state index in [1.54, 1.807) is 20.0 Å². The number of H-pyrrole nitrogens is 1. The van der Waals surface area contributed by atoms with Crippen molar-refractivity contribution in [2.45, 2.75) is 32.4 Å². The second-order valence-corrected chi connectivity index (χ2v) is 5.12. The van der Waals surface area contributed by atoms with Crippen molar-refractivity contribution < 1.29 is 14.4 Å². The van der Waals surface area contributed by atoms with Crippen molar-refractivity contribution in [3.05, 3.63) is 18.2 Å². The second-order valence-electron chi connectivity index (χ2n) is 5.12. The molecule has 4 amide bonds. The van der Waals surface area contributed by atoms with Gasteiger partial charge < -0.3 is 15.6 Å². The monoisotopic (exact) mass is 279 g/mol. The summed E-state index contributed by atoms with van der Waals surface area (Å²) in [5.41, 5.74) is -0.113. The van der Waals surface area contributed by atoms with Crippen LogP contribution in [0, 0.1) is 0 Å². The number of nitrogens with one attached hydrogen (secondary N) is 3. The van der Waals surface area contributed by atoms with E-state index < -0.39 is 11.6 Å². The SMILES string of the molecule is CC1(C)NC(=O)N(CCC(=O)NCc2cnc[nH]2)C1=O. The molecule has 0 saturated carbocycles. The molecule has 8 nitrogen and oxygen atoms in total. The number of aromatic nitrogens is 2. The molecule has 3 N–H and O–H groups in total. The van der Waals surface area contributed by atoms with Gasteiger partial charge in [-0.2, -0.15) is 0 Å². The zero-order chi connectivity index (χ0) is 14.8. The van der Waals surface area contributed by atoms with Crippen molar-refractivity contribution in [1.82, 2.24) is 25.5 Å². The Bertz CT molecular complexity index is 523. The molecule has 1 saturated heterocycles. The lowest BCUT2D eigenvalue weighted by Crippen LogP contribution is -2.40. The average molecular weight is 279 g/mol. The maximum atomic E-state index is 11.9. The maximum absolute atomic E-state index is 11.9. The van der Waals surface area contributed by atoms with E-state index >= 15 is 0 Å². The van der Waals surface area contributed by atoms with Crippen LogP contribution in [0.3, 0.4) is 0 Å². The topological polar surface area (TPSA) is 107 Å². The van der Waals surface area contributed by atoms with Gasteiger partial charge in [-0.3, -0.25) is 14.5 Å². The lowest BCUT2D eigenvalue weighted by atomic mass is 10.1. The molecule has 2 rings (SSSR count). The largest absolute Gasteiger partial charge is 0.350 e. The van der Waals surface area contributed by atoms with Crippen LogP contribution in [-0.2, 0) is 16.1 Å². The quantitative estimate of drug-likeness (QED) is 0.646. The minimum absolute atomic E-state index is 0.0723. The van der Waals surface area contributed by atoms with Crippen molar-refractivity contribution in [2.24, 2.45) is 0 Å². The molecule has 0 atom stereocenters. The molecule has 0 bridgehead atoms. The van der Waals surface area contributed by atoms with Crippen LogP contribution in [0.15, 0.2) is 12.5 Å². The van der Waals surface area contributed by atoms with E-state index in [0.29, 0.717) is 6.54 Å². The van der Waals surface area contributed by atoms with Gasteiger partial charge in [0.05, 0.1) is 18.6 Å². The Kier molecular flexibility index (Phi) is 3.73. The van der Waals surface area contributed by atoms with Gasteiger partial charge in [0.1, 0.15) is 5.54 Å². The highest BCUT2D eigenvalue weighted by molar-refractivity contribution is 6.06. The van der Waals surface area contributed by atoms with Gasteiger partial charge in [0.25, 0.3) is 5.91 Å². The Morgan fingerprint density at radius 1 is 1.45 bits per heavy atom. The van der Waals surface area contributed by atoms with Crippen LogP contribution in [0.2, 0.25) is 0 Å². The van der Waals surface area contributed by atoms with Gasteiger partial charge in [0.15, 0.2) is 0 Å². The highest BCUT2D eigenvalue weighted by Crippen LogP contribution is 2.16. The van der Waals surface area contributed by atoms with Gasteiger partial charge in [-0.15, -0.1) is 0 Å². The van der Waals surface area contributed by atoms with Crippen LogP contribution in [0.25, 0.3) is 0 Å². The summed E-state index contributed by atoms with van der Waals surface area (Å²) in [6.45, 7) is 3.67. The van der Waals surface area contributed by atoms with Crippen molar-refractivity contribution in [2.75, 3.05) is 6.54 Å². The summed E-state index contributed by atoms with van der Waals surface area (Å²) < 4.78 is 0. The predicted molar refractivity (Wildman–Crippen MR) is 69.4 cm³/mol. The second kappa shape index (κ2) is 5.32. The Labute approximate surface area is 115 Å². The molecule has 1 fully saturated rings. The Balaban J connectivity index is 1.79. The smallest absolute Gasteiger partial charge is 0.325 e. The molecular formula is C12H17N5O3. The summed E-state index contributed by atoms with van der Waals surface area (Å²) in [7, 11) is 0. The number of aromatic amines is 1. The number of imide groups is 1. The van der Waals surface area contributed by atoms with Crippen molar-refractivity contribution >= 4 is 17.8 Å². The molecule has 0 aliphatic carbocycles. The fraction of sp³-hybridized carbons (Fsp3) is 0.500. The fourth-order valence-corrected chi connectivity index (χ4v) is 1.90. The van der Waals surface area contributed by atoms with Crippen LogP contribution in [0.5, 0.6) is 0 Å². The number of hydrogen-bond acceptors (Lipinski definition) is 4. The Morgan fingerprint density at radius 3 is 2.75 bits per heavy atom. The first-order valence-corrected chi connectivity index (χ1v) is 6.28. The molecule has 1 aliphatic rings. The lowest BCUT2D eigenvalue weighted by molar-refractivity contribution is -0.130. The number of rotatable bonds is 5. The van der Waals surface area contributed by atoms with E-state index in [4.69, 9.17) is 0 Å². The first kappa shape index (κ1) is 14.0. The zero-order valence-corrected chi connectivity index (χ0v) is 11.4. The fourth-order valence-electron chi connectivity index (χ4n) is 1.90. The van der Waals surface area contributed by atoms with Crippen LogP contribution in [-0.4, -0.2) is 44.8 Å². The van der Waals surface area contributed by atoms with Crippen LogP contribution >= 0.6 is 0 Å². The van der Waals surface area contributed by atoms with E-state index in [0.717, 1.165) is 10.6 Å². The molecule has 20 heavy (non-hydrogen) atoms. The van der Waals surface area contributed by atoms with Crippen molar-refractivity contribution in [3.8, 4) is 0 Å². The molecule has 0 spiro atoms. The lowest BCUT2D eigenvalue weighted by Gasteiger charge is -2.15. The number of urea groups is 1. The van der Waals surface area contributed by atoms with Gasteiger partial charge in [-0.05, 0) is 13.8 Å². The number of hydrogen-bond donors (Lipinski definition) is 3. The molecule has 8 heteroatoms. The van der Waals surface area contributed by atoms with Gasteiger partial charge in [0.2, 0.25) is 5.91 Å². The standard InChI is InChI=1S/C12H17N5O3/c1-12(2)10(19)17(11(20)16-12)4-3-9(18)14-6-8-5-13-7-15-8/h5,7H,3-4,6H2,1-2H3,(H,13,15)(H,14,18)(H,16,20). The van der Waals surface area contributed by atoms with E-state index in [2.05, 4.69) is 20.6 Å². The molecule has 1 aliphatic heterocycles. The molecule has 108 valence electrons. The van der Waals surface area contributed by atoms with E-state index in [1.165, 1.54) is 6.33 Å². The Morgan fingerprint density at radius 2 is 2.20 bits per heavy atom. The molecule has 0 radical (unpaired) electrons. The minimum Gasteiger partial charge on any atom is -0.350 e. The summed E-state index contributed by atoms with van der Waals surface area (Å²) in [5, 5.41) is 5.24. The third kappa shape index (κ3) is 2.95. The molecule has 1 aromatic heterocycles. The first-order valence-electron chi connectivity index (χ1n) is 6.28. The summed E-state index contributed by atoms with van der Waals surface area (Å²) in [4.78, 5) is 42.9. The summed E-state index contributed by atoms with van der Waals surface area (Å²) in [6, 6.07) is -0.457. The predicted octanol–water partition coefficient (Wildman–Crippen LogP) is -0.254. The average Bonchev–Trinajstić information content (AvgIpc) is 2.94. The van der Waals surface area contributed by atoms with E-state index in [1.807, 2.05) is 0 Å². The third-order valence-electron chi connectivity index (χ3n) is 3.04. The van der Waals surface area contributed by atoms with Crippen molar-refractivity contribution in [1.29, 1.82) is 0 Å². The van der Waals surface area contributed by atoms with Gasteiger partial charge >= 0.3 is 6.03 Å². The third-order valence-corrected chi connectivity index (χ3v) is 3.04. The summed E-state index contributed by atoms with van der Waals surface area (Å²) in [5.74, 6) is -0.547. The summed E-state index contributed by atoms with van der Waals surface area (Å²) >= 11 is 0. The molecule has 0 aromatic carbocycles. The first-order chi connectivity index (χ1) is 9.40. The molecule has 1 aromatic rings.